The van der Waals surface area contributed by atoms with Crippen molar-refractivity contribution in [2.75, 3.05) is 0 Å². The van der Waals surface area contributed by atoms with E-state index in [4.69, 9.17) is 0 Å². The molecule has 3 aromatic rings. The van der Waals surface area contributed by atoms with Crippen molar-refractivity contribution in [3.05, 3.63) is 78.0 Å². The van der Waals surface area contributed by atoms with Crippen LogP contribution in [0.2, 0.25) is 0 Å². The third-order valence-corrected chi connectivity index (χ3v) is 4.02. The lowest BCUT2D eigenvalue weighted by Gasteiger charge is -2.18. The summed E-state index contributed by atoms with van der Waals surface area (Å²) >= 11 is 0. The van der Waals surface area contributed by atoms with E-state index in [-0.39, 0.29) is 11.9 Å². The Bertz CT molecular complexity index is 828. The number of carbonyl (C=O) groups is 1. The minimum absolute atomic E-state index is 0.160. The van der Waals surface area contributed by atoms with Crippen LogP contribution in [0.5, 0.6) is 0 Å². The predicted octanol–water partition coefficient (Wildman–Crippen LogP) is 3.48. The summed E-state index contributed by atoms with van der Waals surface area (Å²) in [4.78, 5) is 16.9. The first-order valence-corrected chi connectivity index (χ1v) is 8.03. The van der Waals surface area contributed by atoms with Crippen molar-refractivity contribution in [2.45, 2.75) is 25.5 Å². The van der Waals surface area contributed by atoms with Gasteiger partial charge in [0.2, 0.25) is 0 Å². The number of pyridine rings is 1. The zero-order valence-electron chi connectivity index (χ0n) is 13.5. The standard InChI is InChI=1S/C20H20N2O2/c1-14(13-18(23)15-7-3-2-4-8-15)22-20(24)17-11-5-9-16-10-6-12-21-19(16)17/h2-12,14,18,23H,13H2,1H3,(H,22,24). The Hall–Kier alpha value is -2.72. The molecule has 0 radical (unpaired) electrons. The van der Waals surface area contributed by atoms with Crippen molar-refractivity contribution in [1.82, 2.24) is 10.3 Å². The lowest BCUT2D eigenvalue weighted by molar-refractivity contribution is 0.0918. The Balaban J connectivity index is 1.70. The summed E-state index contributed by atoms with van der Waals surface area (Å²) < 4.78 is 0. The quantitative estimate of drug-likeness (QED) is 0.756. The van der Waals surface area contributed by atoms with Crippen LogP contribution in [0.25, 0.3) is 10.9 Å². The van der Waals surface area contributed by atoms with E-state index in [2.05, 4.69) is 10.3 Å². The zero-order chi connectivity index (χ0) is 16.9. The third-order valence-electron chi connectivity index (χ3n) is 4.02. The summed E-state index contributed by atoms with van der Waals surface area (Å²) in [5.74, 6) is -0.174. The Labute approximate surface area is 141 Å². The molecule has 0 aliphatic rings. The van der Waals surface area contributed by atoms with Crippen LogP contribution >= 0.6 is 0 Å². The highest BCUT2D eigenvalue weighted by molar-refractivity contribution is 6.05. The van der Waals surface area contributed by atoms with Gasteiger partial charge in [0.25, 0.3) is 5.91 Å². The molecule has 0 spiro atoms. The van der Waals surface area contributed by atoms with Gasteiger partial charge in [-0.05, 0) is 31.0 Å². The minimum Gasteiger partial charge on any atom is -0.388 e. The van der Waals surface area contributed by atoms with Gasteiger partial charge in [-0.15, -0.1) is 0 Å². The Morgan fingerprint density at radius 3 is 2.62 bits per heavy atom. The molecular formula is C20H20N2O2. The molecule has 4 nitrogen and oxygen atoms in total. The number of aliphatic hydroxyl groups excluding tert-OH is 1. The van der Waals surface area contributed by atoms with E-state index in [0.717, 1.165) is 10.9 Å². The molecule has 1 heterocycles. The molecule has 4 heteroatoms. The highest BCUT2D eigenvalue weighted by atomic mass is 16.3. The summed E-state index contributed by atoms with van der Waals surface area (Å²) in [5.41, 5.74) is 2.09. The number of fused-ring (bicyclic) bond motifs is 1. The summed E-state index contributed by atoms with van der Waals surface area (Å²) in [5, 5.41) is 14.2. The van der Waals surface area contributed by atoms with Crippen molar-refractivity contribution in [3.63, 3.8) is 0 Å². The van der Waals surface area contributed by atoms with Gasteiger partial charge in [-0.3, -0.25) is 9.78 Å². The molecule has 2 aromatic carbocycles. The summed E-state index contributed by atoms with van der Waals surface area (Å²) in [6.07, 6.45) is 1.53. The van der Waals surface area contributed by atoms with Gasteiger partial charge in [-0.2, -0.15) is 0 Å². The van der Waals surface area contributed by atoms with Crippen LogP contribution < -0.4 is 5.32 Å². The lowest BCUT2D eigenvalue weighted by atomic mass is 10.0. The fraction of sp³-hybridized carbons (Fsp3) is 0.200. The molecule has 0 bridgehead atoms. The SMILES string of the molecule is CC(CC(O)c1ccccc1)NC(=O)c1cccc2cccnc12. The number of carbonyl (C=O) groups excluding carboxylic acids is 1. The van der Waals surface area contributed by atoms with Crippen molar-refractivity contribution < 1.29 is 9.90 Å². The first-order chi connectivity index (χ1) is 11.6. The van der Waals surface area contributed by atoms with E-state index in [1.807, 2.05) is 61.5 Å². The van der Waals surface area contributed by atoms with E-state index in [1.165, 1.54) is 0 Å². The molecule has 24 heavy (non-hydrogen) atoms. The predicted molar refractivity (Wildman–Crippen MR) is 94.7 cm³/mol. The van der Waals surface area contributed by atoms with Gasteiger partial charge >= 0.3 is 0 Å². The molecule has 2 N–H and O–H groups in total. The van der Waals surface area contributed by atoms with Gasteiger partial charge in [-0.25, -0.2) is 0 Å². The van der Waals surface area contributed by atoms with Crippen LogP contribution in [0, 0.1) is 0 Å². The van der Waals surface area contributed by atoms with Crippen LogP contribution in [0.15, 0.2) is 66.9 Å². The monoisotopic (exact) mass is 320 g/mol. The fourth-order valence-corrected chi connectivity index (χ4v) is 2.79. The minimum atomic E-state index is -0.604. The number of nitrogens with zero attached hydrogens (tertiary/aromatic N) is 1. The molecule has 3 rings (SSSR count). The number of aromatic nitrogens is 1. The second-order valence-corrected chi connectivity index (χ2v) is 5.92. The van der Waals surface area contributed by atoms with Crippen LogP contribution in [0.3, 0.4) is 0 Å². The van der Waals surface area contributed by atoms with E-state index in [0.29, 0.717) is 17.5 Å². The number of benzene rings is 2. The highest BCUT2D eigenvalue weighted by Gasteiger charge is 2.17. The average molecular weight is 320 g/mol. The summed E-state index contributed by atoms with van der Waals surface area (Å²) in [6, 6.07) is 18.6. The molecule has 0 saturated heterocycles. The van der Waals surface area contributed by atoms with Crippen LogP contribution in [-0.4, -0.2) is 22.0 Å². The van der Waals surface area contributed by atoms with Gasteiger partial charge in [0.15, 0.2) is 0 Å². The fourth-order valence-electron chi connectivity index (χ4n) is 2.79. The van der Waals surface area contributed by atoms with Crippen LogP contribution in [0.1, 0.15) is 35.4 Å². The third kappa shape index (κ3) is 3.60. The smallest absolute Gasteiger partial charge is 0.253 e. The van der Waals surface area contributed by atoms with Gasteiger partial charge in [0, 0.05) is 17.6 Å². The van der Waals surface area contributed by atoms with Gasteiger partial charge in [0.1, 0.15) is 0 Å². The largest absolute Gasteiger partial charge is 0.388 e. The number of amides is 1. The van der Waals surface area contributed by atoms with Crippen molar-refractivity contribution >= 4 is 16.8 Å². The van der Waals surface area contributed by atoms with Gasteiger partial charge < -0.3 is 10.4 Å². The Morgan fingerprint density at radius 2 is 1.83 bits per heavy atom. The molecule has 2 atom stereocenters. The molecule has 0 fully saturated rings. The van der Waals surface area contributed by atoms with Crippen LogP contribution in [-0.2, 0) is 0 Å². The number of hydrogen-bond donors (Lipinski definition) is 2. The van der Waals surface area contributed by atoms with Crippen LogP contribution in [0.4, 0.5) is 0 Å². The maximum atomic E-state index is 12.6. The molecular weight excluding hydrogens is 300 g/mol. The second-order valence-electron chi connectivity index (χ2n) is 5.92. The molecule has 1 amide bonds. The summed E-state index contributed by atoms with van der Waals surface area (Å²) in [6.45, 7) is 1.89. The number of rotatable bonds is 5. The summed E-state index contributed by atoms with van der Waals surface area (Å²) in [7, 11) is 0. The lowest BCUT2D eigenvalue weighted by Crippen LogP contribution is -2.34. The number of hydrogen-bond acceptors (Lipinski definition) is 3. The van der Waals surface area contributed by atoms with E-state index >= 15 is 0 Å². The number of para-hydroxylation sites is 1. The van der Waals surface area contributed by atoms with E-state index in [1.54, 1.807) is 12.3 Å². The van der Waals surface area contributed by atoms with Crippen molar-refractivity contribution in [3.8, 4) is 0 Å². The molecule has 122 valence electrons. The zero-order valence-corrected chi connectivity index (χ0v) is 13.5. The van der Waals surface area contributed by atoms with E-state index in [9.17, 15) is 9.90 Å². The van der Waals surface area contributed by atoms with E-state index < -0.39 is 6.10 Å². The second kappa shape index (κ2) is 7.23. The Kier molecular flexibility index (Phi) is 4.87. The first-order valence-electron chi connectivity index (χ1n) is 8.03. The molecule has 0 saturated carbocycles. The Morgan fingerprint density at radius 1 is 1.08 bits per heavy atom. The maximum Gasteiger partial charge on any atom is 0.253 e. The average Bonchev–Trinajstić information content (AvgIpc) is 2.61. The number of aliphatic hydroxyl groups is 1. The normalized spacial score (nSPS) is 13.4. The van der Waals surface area contributed by atoms with Gasteiger partial charge in [0.05, 0.1) is 17.2 Å². The van der Waals surface area contributed by atoms with Crippen molar-refractivity contribution in [2.24, 2.45) is 0 Å². The molecule has 2 unspecified atom stereocenters. The topological polar surface area (TPSA) is 62.2 Å². The van der Waals surface area contributed by atoms with Crippen molar-refractivity contribution in [1.29, 1.82) is 0 Å². The first kappa shape index (κ1) is 16.1. The highest BCUT2D eigenvalue weighted by Crippen LogP contribution is 2.19. The van der Waals surface area contributed by atoms with Gasteiger partial charge in [-0.1, -0.05) is 48.5 Å². The molecule has 1 aromatic heterocycles. The number of nitrogens with one attached hydrogen (secondary N) is 1. The molecule has 0 aliphatic carbocycles. The maximum absolute atomic E-state index is 12.6. The molecule has 0 aliphatic heterocycles.